The molecule has 0 aliphatic carbocycles. The maximum absolute atomic E-state index is 16.1. The van der Waals surface area contributed by atoms with Crippen molar-refractivity contribution in [1.82, 2.24) is 15.3 Å². The second kappa shape index (κ2) is 7.93. The van der Waals surface area contributed by atoms with Crippen molar-refractivity contribution in [2.45, 2.75) is 31.3 Å². The van der Waals surface area contributed by atoms with E-state index in [-0.39, 0.29) is 24.3 Å². The fraction of sp³-hybridized carbons (Fsp3) is 0.308. The van der Waals surface area contributed by atoms with Crippen molar-refractivity contribution in [3.63, 3.8) is 0 Å². The molecular weight excluding hydrogens is 419 g/mol. The van der Waals surface area contributed by atoms with Crippen molar-refractivity contribution < 1.29 is 14.6 Å². The van der Waals surface area contributed by atoms with Crippen LogP contribution in [-0.2, 0) is 6.42 Å². The Morgan fingerprint density at radius 1 is 0.970 bits per heavy atom. The molecule has 2 saturated heterocycles. The van der Waals surface area contributed by atoms with Crippen molar-refractivity contribution in [3.8, 4) is 16.9 Å². The molecule has 2 atom stereocenters. The molecule has 2 aliphatic heterocycles. The van der Waals surface area contributed by atoms with Crippen molar-refractivity contribution >= 4 is 27.5 Å². The van der Waals surface area contributed by atoms with E-state index in [2.05, 4.69) is 15.2 Å². The van der Waals surface area contributed by atoms with Gasteiger partial charge in [0.15, 0.2) is 5.82 Å². The number of halogens is 1. The molecule has 0 spiro atoms. The van der Waals surface area contributed by atoms with E-state index in [1.165, 1.54) is 0 Å². The first-order valence-electron chi connectivity index (χ1n) is 11.4. The van der Waals surface area contributed by atoms with E-state index in [1.54, 1.807) is 18.2 Å². The molecule has 2 aliphatic rings. The zero-order chi connectivity index (χ0) is 22.5. The number of aliphatic hydroxyl groups excluding tert-OH is 1. The van der Waals surface area contributed by atoms with Crippen LogP contribution < -0.4 is 10.2 Å². The summed E-state index contributed by atoms with van der Waals surface area (Å²) in [5.41, 5.74) is 1.25. The van der Waals surface area contributed by atoms with Gasteiger partial charge in [0.2, 0.25) is 0 Å². The lowest BCUT2D eigenvalue weighted by Gasteiger charge is -2.34. The molecule has 3 aromatic carbocycles. The maximum Gasteiger partial charge on any atom is 0.157 e. The van der Waals surface area contributed by atoms with Crippen LogP contribution in [0.2, 0.25) is 0 Å². The fourth-order valence-electron chi connectivity index (χ4n) is 5.34. The van der Waals surface area contributed by atoms with Gasteiger partial charge in [0.25, 0.3) is 0 Å². The van der Waals surface area contributed by atoms with Crippen LogP contribution in [0, 0.1) is 5.82 Å². The Balaban J connectivity index is 1.55. The molecule has 2 bridgehead atoms. The molecule has 0 saturated carbocycles. The number of benzene rings is 3. The quantitative estimate of drug-likeness (QED) is 0.445. The summed E-state index contributed by atoms with van der Waals surface area (Å²) in [6.45, 7) is 1.54. The van der Waals surface area contributed by atoms with Crippen LogP contribution in [0.15, 0.2) is 48.5 Å². The minimum absolute atomic E-state index is 0.0869. The van der Waals surface area contributed by atoms with E-state index in [1.807, 2.05) is 30.3 Å². The van der Waals surface area contributed by atoms with Crippen LogP contribution in [0.5, 0.6) is 5.75 Å². The van der Waals surface area contributed by atoms with Crippen LogP contribution in [0.25, 0.3) is 32.8 Å². The molecule has 4 aromatic rings. The van der Waals surface area contributed by atoms with Gasteiger partial charge in [-0.05, 0) is 47.4 Å². The normalized spacial score (nSPS) is 20.1. The summed E-state index contributed by atoms with van der Waals surface area (Å²) in [6, 6.07) is 15.4. The van der Waals surface area contributed by atoms with Gasteiger partial charge in [-0.25, -0.2) is 14.4 Å². The van der Waals surface area contributed by atoms with Crippen molar-refractivity contribution in [2.24, 2.45) is 0 Å². The zero-order valence-corrected chi connectivity index (χ0v) is 18.1. The Morgan fingerprint density at radius 3 is 2.55 bits per heavy atom. The summed E-state index contributed by atoms with van der Waals surface area (Å²) in [5.74, 6) is 0.809. The van der Waals surface area contributed by atoms with Gasteiger partial charge in [-0.15, -0.1) is 0 Å². The van der Waals surface area contributed by atoms with E-state index < -0.39 is 5.82 Å². The van der Waals surface area contributed by atoms with E-state index in [4.69, 9.17) is 4.98 Å². The van der Waals surface area contributed by atoms with Crippen LogP contribution in [0.4, 0.5) is 10.2 Å². The third-order valence-corrected chi connectivity index (χ3v) is 6.82. The van der Waals surface area contributed by atoms with Gasteiger partial charge in [-0.3, -0.25) is 0 Å². The topological polar surface area (TPSA) is 81.5 Å². The average molecular weight is 445 g/mol. The molecule has 3 N–H and O–H groups in total. The number of hydrogen-bond acceptors (Lipinski definition) is 6. The molecule has 7 heteroatoms. The molecule has 6 rings (SSSR count). The number of hydrogen-bond donors (Lipinski definition) is 3. The Morgan fingerprint density at radius 2 is 1.76 bits per heavy atom. The second-order valence-electron chi connectivity index (χ2n) is 9.02. The second-order valence-corrected chi connectivity index (χ2v) is 9.02. The third-order valence-electron chi connectivity index (χ3n) is 6.82. The number of aromatic nitrogens is 2. The van der Waals surface area contributed by atoms with Crippen molar-refractivity contribution in [1.29, 1.82) is 0 Å². The van der Waals surface area contributed by atoms with Crippen LogP contribution >= 0.6 is 0 Å². The number of nitrogens with one attached hydrogen (secondary N) is 1. The molecule has 168 valence electrons. The van der Waals surface area contributed by atoms with Crippen LogP contribution in [-0.4, -0.2) is 52.0 Å². The highest BCUT2D eigenvalue weighted by atomic mass is 19.1. The van der Waals surface area contributed by atoms with Gasteiger partial charge >= 0.3 is 0 Å². The molecule has 2 unspecified atom stereocenters. The van der Waals surface area contributed by atoms with Gasteiger partial charge < -0.3 is 20.4 Å². The molecule has 1 aromatic heterocycles. The SMILES string of the molecule is OCCc1nc(N2CC3CCC(C2)N3)c2ccc(-c3cc(O)cc4ccccc34)c(F)c2n1. The first-order valence-corrected chi connectivity index (χ1v) is 11.4. The highest BCUT2D eigenvalue weighted by Crippen LogP contribution is 2.38. The summed E-state index contributed by atoms with van der Waals surface area (Å²) in [6.07, 6.45) is 2.54. The van der Waals surface area contributed by atoms with Gasteiger partial charge in [0.1, 0.15) is 22.9 Å². The van der Waals surface area contributed by atoms with Crippen molar-refractivity contribution in [2.75, 3.05) is 24.6 Å². The van der Waals surface area contributed by atoms with E-state index in [0.717, 1.165) is 42.5 Å². The monoisotopic (exact) mass is 444 g/mol. The van der Waals surface area contributed by atoms with E-state index in [9.17, 15) is 10.2 Å². The number of piperazine rings is 1. The number of fused-ring (bicyclic) bond motifs is 4. The van der Waals surface area contributed by atoms with E-state index in [0.29, 0.717) is 34.4 Å². The zero-order valence-electron chi connectivity index (χ0n) is 18.1. The number of rotatable bonds is 4. The van der Waals surface area contributed by atoms with E-state index >= 15 is 4.39 Å². The van der Waals surface area contributed by atoms with Gasteiger partial charge in [-0.1, -0.05) is 30.3 Å². The summed E-state index contributed by atoms with van der Waals surface area (Å²) in [4.78, 5) is 11.5. The van der Waals surface area contributed by atoms with Crippen LogP contribution in [0.1, 0.15) is 18.7 Å². The Labute approximate surface area is 190 Å². The lowest BCUT2D eigenvalue weighted by atomic mass is 9.96. The molecule has 6 nitrogen and oxygen atoms in total. The van der Waals surface area contributed by atoms with Gasteiger partial charge in [0.05, 0.1) is 6.61 Å². The summed E-state index contributed by atoms with van der Waals surface area (Å²) >= 11 is 0. The number of anilines is 1. The summed E-state index contributed by atoms with van der Waals surface area (Å²) in [5, 5.41) is 25.8. The Bertz CT molecular complexity index is 1360. The predicted molar refractivity (Wildman–Crippen MR) is 127 cm³/mol. The number of nitrogens with zero attached hydrogens (tertiary/aromatic N) is 3. The largest absolute Gasteiger partial charge is 0.508 e. The lowest BCUT2D eigenvalue weighted by Crippen LogP contribution is -2.51. The summed E-state index contributed by atoms with van der Waals surface area (Å²) < 4.78 is 16.1. The third kappa shape index (κ3) is 3.48. The first kappa shape index (κ1) is 20.3. The molecule has 3 heterocycles. The number of phenols is 1. The predicted octanol–water partition coefficient (Wildman–Crippen LogP) is 3.77. The fourth-order valence-corrected chi connectivity index (χ4v) is 5.34. The average Bonchev–Trinajstić information content (AvgIpc) is 3.16. The molecular formula is C26H25FN4O2. The Kier molecular flexibility index (Phi) is 4.89. The molecule has 2 fully saturated rings. The standard InChI is InChI=1S/C26H25FN4O2/c27-24-20(22-12-18(33)11-15-3-1-2-4-19(15)22)7-8-21-25(24)29-23(9-10-32)30-26(21)31-13-16-5-6-17(14-31)28-16/h1-4,7-8,11-12,16-17,28,32-33H,5-6,9-10,13-14H2. The van der Waals surface area contributed by atoms with Gasteiger partial charge in [-0.2, -0.15) is 0 Å². The smallest absolute Gasteiger partial charge is 0.157 e. The van der Waals surface area contributed by atoms with Crippen molar-refractivity contribution in [3.05, 3.63) is 60.2 Å². The molecule has 0 radical (unpaired) electrons. The highest BCUT2D eigenvalue weighted by Gasteiger charge is 2.34. The highest BCUT2D eigenvalue weighted by molar-refractivity contribution is 6.01. The maximum atomic E-state index is 16.1. The number of phenolic OH excluding ortho intramolecular Hbond substituents is 1. The Hall–Kier alpha value is -3.29. The minimum Gasteiger partial charge on any atom is -0.508 e. The first-order chi connectivity index (χ1) is 16.1. The number of aromatic hydroxyl groups is 1. The number of aliphatic hydroxyl groups is 1. The summed E-state index contributed by atoms with van der Waals surface area (Å²) in [7, 11) is 0. The molecule has 0 amide bonds. The minimum atomic E-state index is -0.441. The molecule has 33 heavy (non-hydrogen) atoms. The lowest BCUT2D eigenvalue weighted by molar-refractivity contribution is 0.296. The van der Waals surface area contributed by atoms with Crippen LogP contribution in [0.3, 0.4) is 0 Å². The van der Waals surface area contributed by atoms with Gasteiger partial charge in [0, 0.05) is 42.5 Å².